The molecule has 2 aromatic rings. The highest BCUT2D eigenvalue weighted by atomic mass is 19.1. The third-order valence-corrected chi connectivity index (χ3v) is 8.79. The summed E-state index contributed by atoms with van der Waals surface area (Å²) in [6.07, 6.45) is 9.32. The lowest BCUT2D eigenvalue weighted by Crippen LogP contribution is -2.47. The van der Waals surface area contributed by atoms with Crippen LogP contribution in [-0.4, -0.2) is 18.0 Å². The molecule has 2 aromatic carbocycles. The SMILES string of the molecule is CC1CCC(C)(C(N)C(C)(C)C)C1.Cc1ccc(CC2CCCC/C(=C(/N)C=O)C2=Nc2ccc(F)cc2)cc1. The van der Waals surface area contributed by atoms with Crippen LogP contribution in [-0.2, 0) is 11.2 Å². The van der Waals surface area contributed by atoms with Gasteiger partial charge in [0.2, 0.25) is 0 Å². The summed E-state index contributed by atoms with van der Waals surface area (Å²) in [6, 6.07) is 15.0. The maximum atomic E-state index is 13.3. The summed E-state index contributed by atoms with van der Waals surface area (Å²) in [6.45, 7) is 13.6. The average molecular weight is 548 g/mol. The summed E-state index contributed by atoms with van der Waals surface area (Å²) in [4.78, 5) is 16.2. The van der Waals surface area contributed by atoms with Crippen molar-refractivity contribution < 1.29 is 9.18 Å². The van der Waals surface area contributed by atoms with Crippen molar-refractivity contribution in [1.29, 1.82) is 0 Å². The van der Waals surface area contributed by atoms with Crippen LogP contribution in [0.4, 0.5) is 10.1 Å². The number of carbonyl (C=O) groups is 1. The Morgan fingerprint density at radius 2 is 1.75 bits per heavy atom. The van der Waals surface area contributed by atoms with E-state index in [0.29, 0.717) is 23.4 Å². The van der Waals surface area contributed by atoms with Crippen LogP contribution in [0.5, 0.6) is 0 Å². The van der Waals surface area contributed by atoms with E-state index < -0.39 is 0 Å². The van der Waals surface area contributed by atoms with Crippen molar-refractivity contribution in [2.24, 2.45) is 39.1 Å². The number of carbonyl (C=O) groups excluding carboxylic acids is 1. The van der Waals surface area contributed by atoms with Crippen molar-refractivity contribution in [2.45, 2.75) is 99.0 Å². The van der Waals surface area contributed by atoms with Crippen LogP contribution >= 0.6 is 0 Å². The molecule has 2 fully saturated rings. The first-order valence-electron chi connectivity index (χ1n) is 14.9. The van der Waals surface area contributed by atoms with Gasteiger partial charge in [-0.2, -0.15) is 0 Å². The van der Waals surface area contributed by atoms with Crippen LogP contribution in [0.25, 0.3) is 0 Å². The van der Waals surface area contributed by atoms with Crippen molar-refractivity contribution in [3.8, 4) is 0 Å². The van der Waals surface area contributed by atoms with E-state index in [1.807, 2.05) is 0 Å². The first-order chi connectivity index (χ1) is 18.8. The lowest BCUT2D eigenvalue weighted by atomic mass is 9.69. The Balaban J connectivity index is 0.000000285. The van der Waals surface area contributed by atoms with E-state index in [4.69, 9.17) is 16.5 Å². The Morgan fingerprint density at radius 3 is 2.30 bits per heavy atom. The highest BCUT2D eigenvalue weighted by Gasteiger charge is 2.42. The number of nitrogens with two attached hydrogens (primary N) is 2. The molecule has 0 aromatic heterocycles. The van der Waals surface area contributed by atoms with Gasteiger partial charge in [-0.05, 0) is 92.0 Å². The van der Waals surface area contributed by atoms with E-state index in [2.05, 4.69) is 65.8 Å². The second-order valence-corrected chi connectivity index (χ2v) is 13.5. The van der Waals surface area contributed by atoms with Crippen LogP contribution < -0.4 is 11.5 Å². The van der Waals surface area contributed by atoms with Crippen molar-refractivity contribution in [3.63, 3.8) is 0 Å². The number of rotatable bonds is 5. The number of nitrogens with zero attached hydrogens (tertiary/aromatic N) is 1. The molecule has 4 N–H and O–H groups in total. The van der Waals surface area contributed by atoms with E-state index in [0.717, 1.165) is 49.3 Å². The standard InChI is InChI=1S/C23H25FN2O.C12H25N/c1-16-6-8-17(9-7-16)14-18-4-2-3-5-21(22(25)15-27)23(18)26-20-12-10-19(24)11-13-20;1-9-6-7-12(5,8-9)10(13)11(2,3)4/h6-13,15,18H,2-5,14,25H2,1H3;9-10H,6-8,13H2,1-5H3/b22-21-,26-23?;. The molecule has 0 spiro atoms. The van der Waals surface area contributed by atoms with Crippen molar-refractivity contribution in [3.05, 3.63) is 76.7 Å². The van der Waals surface area contributed by atoms with E-state index >= 15 is 0 Å². The average Bonchev–Trinajstić information content (AvgIpc) is 3.15. The van der Waals surface area contributed by atoms with Crippen LogP contribution in [0.2, 0.25) is 0 Å². The molecule has 0 heterocycles. The summed E-state index contributed by atoms with van der Waals surface area (Å²) in [5, 5.41) is 0. The van der Waals surface area contributed by atoms with E-state index in [-0.39, 0.29) is 22.8 Å². The van der Waals surface area contributed by atoms with E-state index in [1.165, 1.54) is 42.5 Å². The zero-order valence-electron chi connectivity index (χ0n) is 25.5. The van der Waals surface area contributed by atoms with Crippen LogP contribution in [0, 0.1) is 35.4 Å². The lowest BCUT2D eigenvalue weighted by Gasteiger charge is -2.40. The fourth-order valence-electron chi connectivity index (χ4n) is 6.49. The number of benzene rings is 2. The number of aliphatic imine (C=N–C) groups is 1. The third kappa shape index (κ3) is 8.60. The molecule has 218 valence electrons. The molecule has 0 radical (unpaired) electrons. The van der Waals surface area contributed by atoms with Gasteiger partial charge in [0.25, 0.3) is 0 Å². The number of aryl methyl sites for hydroxylation is 1. The first-order valence-corrected chi connectivity index (χ1v) is 14.9. The predicted molar refractivity (Wildman–Crippen MR) is 166 cm³/mol. The Labute approximate surface area is 241 Å². The summed E-state index contributed by atoms with van der Waals surface area (Å²) < 4.78 is 13.3. The number of hydrogen-bond donors (Lipinski definition) is 2. The molecule has 0 saturated heterocycles. The van der Waals surface area contributed by atoms with Gasteiger partial charge in [0.1, 0.15) is 5.82 Å². The zero-order valence-corrected chi connectivity index (χ0v) is 25.5. The Morgan fingerprint density at radius 1 is 1.10 bits per heavy atom. The highest BCUT2D eigenvalue weighted by molar-refractivity contribution is 6.06. The molecule has 0 aliphatic heterocycles. The van der Waals surface area contributed by atoms with Gasteiger partial charge >= 0.3 is 0 Å². The second kappa shape index (κ2) is 13.7. The number of aldehydes is 1. The van der Waals surface area contributed by atoms with Gasteiger partial charge in [-0.15, -0.1) is 0 Å². The second-order valence-electron chi connectivity index (χ2n) is 13.5. The van der Waals surface area contributed by atoms with Gasteiger partial charge in [0, 0.05) is 23.2 Å². The molecule has 2 aliphatic carbocycles. The monoisotopic (exact) mass is 547 g/mol. The summed E-state index contributed by atoms with van der Waals surface area (Å²) in [5.74, 6) is 0.756. The predicted octanol–water partition coefficient (Wildman–Crippen LogP) is 8.24. The van der Waals surface area contributed by atoms with Gasteiger partial charge < -0.3 is 11.5 Å². The minimum absolute atomic E-state index is 0.175. The van der Waals surface area contributed by atoms with Crippen molar-refractivity contribution in [1.82, 2.24) is 0 Å². The molecule has 5 heteroatoms. The Bertz CT molecular complexity index is 1180. The molecular weight excluding hydrogens is 497 g/mol. The largest absolute Gasteiger partial charge is 0.396 e. The fraction of sp³-hybridized carbons (Fsp3) is 0.543. The highest BCUT2D eigenvalue weighted by Crippen LogP contribution is 2.47. The molecule has 4 unspecified atom stereocenters. The summed E-state index contributed by atoms with van der Waals surface area (Å²) >= 11 is 0. The maximum Gasteiger partial charge on any atom is 0.166 e. The molecule has 2 aliphatic rings. The number of hydrogen-bond acceptors (Lipinski definition) is 4. The Hall–Kier alpha value is -2.79. The number of halogens is 1. The normalized spacial score (nSPS) is 26.4. The molecule has 0 bridgehead atoms. The molecule has 4 rings (SSSR count). The van der Waals surface area contributed by atoms with Gasteiger partial charge in [-0.25, -0.2) is 4.39 Å². The molecule has 0 amide bonds. The fourth-order valence-corrected chi connectivity index (χ4v) is 6.49. The molecule has 4 atom stereocenters. The minimum atomic E-state index is -0.292. The lowest BCUT2D eigenvalue weighted by molar-refractivity contribution is -0.105. The minimum Gasteiger partial charge on any atom is -0.396 e. The molecular formula is C35H50FN3O. The maximum absolute atomic E-state index is 13.3. The van der Waals surface area contributed by atoms with E-state index in [1.54, 1.807) is 12.1 Å². The summed E-state index contributed by atoms with van der Waals surface area (Å²) in [5.41, 5.74) is 18.1. The molecule has 40 heavy (non-hydrogen) atoms. The van der Waals surface area contributed by atoms with Crippen LogP contribution in [0.15, 0.2) is 64.8 Å². The third-order valence-electron chi connectivity index (χ3n) is 8.79. The smallest absolute Gasteiger partial charge is 0.166 e. The summed E-state index contributed by atoms with van der Waals surface area (Å²) in [7, 11) is 0. The Kier molecular flexibility index (Phi) is 10.9. The van der Waals surface area contributed by atoms with Gasteiger partial charge in [-0.3, -0.25) is 9.79 Å². The number of allylic oxidation sites excluding steroid dienone is 2. The topological polar surface area (TPSA) is 81.5 Å². The van der Waals surface area contributed by atoms with Crippen LogP contribution in [0.1, 0.15) is 90.7 Å². The first kappa shape index (κ1) is 31.7. The quantitative estimate of drug-likeness (QED) is 0.225. The molecule has 2 saturated carbocycles. The molecule has 4 nitrogen and oxygen atoms in total. The van der Waals surface area contributed by atoms with E-state index in [9.17, 15) is 9.18 Å². The van der Waals surface area contributed by atoms with Gasteiger partial charge in [0.05, 0.1) is 11.4 Å². The van der Waals surface area contributed by atoms with Gasteiger partial charge in [0.15, 0.2) is 6.29 Å². The van der Waals surface area contributed by atoms with Crippen molar-refractivity contribution in [2.75, 3.05) is 0 Å². The zero-order chi connectivity index (χ0) is 29.5. The van der Waals surface area contributed by atoms with Gasteiger partial charge in [-0.1, -0.05) is 77.3 Å². The van der Waals surface area contributed by atoms with Crippen LogP contribution in [0.3, 0.4) is 0 Å². The van der Waals surface area contributed by atoms with Crippen molar-refractivity contribution >= 4 is 17.7 Å².